The van der Waals surface area contributed by atoms with Gasteiger partial charge in [-0.15, -0.1) is 0 Å². The zero-order valence-electron chi connectivity index (χ0n) is 12.5. The maximum atomic E-state index is 12.1. The quantitative estimate of drug-likeness (QED) is 0.692. The van der Waals surface area contributed by atoms with Crippen molar-refractivity contribution in [3.63, 3.8) is 0 Å². The molecule has 0 saturated carbocycles. The van der Waals surface area contributed by atoms with Crippen LogP contribution in [0.5, 0.6) is 0 Å². The van der Waals surface area contributed by atoms with Crippen LogP contribution in [0.4, 0.5) is 0 Å². The van der Waals surface area contributed by atoms with Gasteiger partial charge in [-0.2, -0.15) is 4.98 Å². The van der Waals surface area contributed by atoms with Crippen LogP contribution in [0.1, 0.15) is 16.2 Å². The number of carbonyl (C=O) groups is 1. The number of nitrogens with one attached hydrogen (secondary N) is 1. The molecule has 0 aliphatic heterocycles. The summed E-state index contributed by atoms with van der Waals surface area (Å²) in [6.07, 6.45) is 0.455. The normalized spacial score (nSPS) is 10.6. The molecule has 0 saturated heterocycles. The van der Waals surface area contributed by atoms with E-state index >= 15 is 0 Å². The molecule has 0 bridgehead atoms. The number of rotatable bonds is 5. The Morgan fingerprint density at radius 2 is 1.92 bits per heavy atom. The minimum atomic E-state index is -0.153. The Labute approximate surface area is 152 Å². The molecule has 0 atom stereocenters. The maximum absolute atomic E-state index is 12.1. The van der Waals surface area contributed by atoms with Crippen LogP contribution in [0.2, 0.25) is 5.02 Å². The van der Waals surface area contributed by atoms with E-state index in [1.807, 2.05) is 30.3 Å². The molecule has 122 valence electrons. The minimum Gasteiger partial charge on any atom is -0.351 e. The summed E-state index contributed by atoms with van der Waals surface area (Å²) in [5.41, 5.74) is 1.41. The SMILES string of the molecule is O=C(NCCc1nc(-c2ccc(Cl)cc2)no1)c1ccccc1Br. The van der Waals surface area contributed by atoms with E-state index in [0.29, 0.717) is 35.3 Å². The first kappa shape index (κ1) is 16.7. The second-order valence-corrected chi connectivity index (χ2v) is 6.30. The van der Waals surface area contributed by atoms with Crippen LogP contribution < -0.4 is 5.32 Å². The molecule has 0 unspecified atom stereocenters. The average molecular weight is 407 g/mol. The van der Waals surface area contributed by atoms with Crippen LogP contribution in [-0.2, 0) is 6.42 Å². The molecule has 7 heteroatoms. The molecule has 1 N–H and O–H groups in total. The third kappa shape index (κ3) is 4.01. The Kier molecular flexibility index (Phi) is 5.27. The first-order chi connectivity index (χ1) is 11.6. The van der Waals surface area contributed by atoms with Crippen LogP contribution in [0.25, 0.3) is 11.4 Å². The topological polar surface area (TPSA) is 68.0 Å². The van der Waals surface area contributed by atoms with Gasteiger partial charge in [0, 0.05) is 28.0 Å². The summed E-state index contributed by atoms with van der Waals surface area (Å²) in [6, 6.07) is 14.4. The average Bonchev–Trinajstić information content (AvgIpc) is 3.04. The van der Waals surface area contributed by atoms with Crippen molar-refractivity contribution in [2.24, 2.45) is 0 Å². The molecular formula is C17H13BrClN3O2. The van der Waals surface area contributed by atoms with Gasteiger partial charge in [-0.25, -0.2) is 0 Å². The second-order valence-electron chi connectivity index (χ2n) is 5.00. The molecule has 2 aromatic carbocycles. The number of amides is 1. The van der Waals surface area contributed by atoms with Crippen molar-refractivity contribution in [1.82, 2.24) is 15.5 Å². The van der Waals surface area contributed by atoms with Crippen LogP contribution >= 0.6 is 27.5 Å². The smallest absolute Gasteiger partial charge is 0.252 e. The van der Waals surface area contributed by atoms with Gasteiger partial charge >= 0.3 is 0 Å². The summed E-state index contributed by atoms with van der Waals surface area (Å²) in [7, 11) is 0. The lowest BCUT2D eigenvalue weighted by molar-refractivity contribution is 0.0952. The van der Waals surface area contributed by atoms with Crippen LogP contribution in [0.3, 0.4) is 0 Å². The Balaban J connectivity index is 1.57. The van der Waals surface area contributed by atoms with Gasteiger partial charge in [-0.1, -0.05) is 28.9 Å². The van der Waals surface area contributed by atoms with E-state index < -0.39 is 0 Å². The molecular weight excluding hydrogens is 394 g/mol. The maximum Gasteiger partial charge on any atom is 0.252 e. The van der Waals surface area contributed by atoms with E-state index in [0.717, 1.165) is 10.0 Å². The number of aromatic nitrogens is 2. The van der Waals surface area contributed by atoms with Crippen LogP contribution in [-0.4, -0.2) is 22.6 Å². The largest absolute Gasteiger partial charge is 0.351 e. The van der Waals surface area contributed by atoms with Crippen molar-refractivity contribution in [2.45, 2.75) is 6.42 Å². The number of benzene rings is 2. The van der Waals surface area contributed by atoms with Crippen molar-refractivity contribution >= 4 is 33.4 Å². The fraction of sp³-hybridized carbons (Fsp3) is 0.118. The molecule has 0 fully saturated rings. The summed E-state index contributed by atoms with van der Waals surface area (Å²) in [5.74, 6) is 0.811. The number of carbonyl (C=O) groups excluding carboxylic acids is 1. The van der Waals surface area contributed by atoms with Gasteiger partial charge in [0.25, 0.3) is 5.91 Å². The Bertz CT molecular complexity index is 849. The van der Waals surface area contributed by atoms with Crippen molar-refractivity contribution in [1.29, 1.82) is 0 Å². The van der Waals surface area contributed by atoms with Gasteiger partial charge in [0.1, 0.15) is 0 Å². The highest BCUT2D eigenvalue weighted by atomic mass is 79.9. The van der Waals surface area contributed by atoms with Crippen molar-refractivity contribution < 1.29 is 9.32 Å². The Morgan fingerprint density at radius 1 is 1.17 bits per heavy atom. The summed E-state index contributed by atoms with van der Waals surface area (Å²) in [5, 5.41) is 7.42. The molecule has 3 aromatic rings. The van der Waals surface area contributed by atoms with Gasteiger partial charge in [-0.05, 0) is 52.3 Å². The Hall–Kier alpha value is -2.18. The molecule has 3 rings (SSSR count). The zero-order valence-corrected chi connectivity index (χ0v) is 14.8. The van der Waals surface area contributed by atoms with Gasteiger partial charge in [0.05, 0.1) is 5.56 Å². The molecule has 5 nitrogen and oxygen atoms in total. The fourth-order valence-corrected chi connectivity index (χ4v) is 2.69. The molecule has 0 aliphatic rings. The van der Waals surface area contributed by atoms with E-state index in [1.54, 1.807) is 18.2 Å². The summed E-state index contributed by atoms with van der Waals surface area (Å²) in [6.45, 7) is 0.405. The van der Waals surface area contributed by atoms with Crippen molar-refractivity contribution in [3.8, 4) is 11.4 Å². The van der Waals surface area contributed by atoms with Crippen molar-refractivity contribution in [2.75, 3.05) is 6.54 Å². The molecule has 0 aliphatic carbocycles. The number of hydrogen-bond donors (Lipinski definition) is 1. The van der Waals surface area contributed by atoms with Gasteiger partial charge < -0.3 is 9.84 Å². The fourth-order valence-electron chi connectivity index (χ4n) is 2.10. The molecule has 1 heterocycles. The lowest BCUT2D eigenvalue weighted by atomic mass is 10.2. The standard InChI is InChI=1S/C17H13BrClN3O2/c18-14-4-2-1-3-13(14)17(23)20-10-9-15-21-16(22-24-15)11-5-7-12(19)8-6-11/h1-8H,9-10H2,(H,20,23). The lowest BCUT2D eigenvalue weighted by Gasteiger charge is -2.05. The first-order valence-electron chi connectivity index (χ1n) is 7.25. The molecule has 1 amide bonds. The third-order valence-electron chi connectivity index (χ3n) is 3.31. The van der Waals surface area contributed by atoms with Crippen molar-refractivity contribution in [3.05, 3.63) is 69.5 Å². The zero-order chi connectivity index (χ0) is 16.9. The summed E-state index contributed by atoms with van der Waals surface area (Å²) >= 11 is 9.21. The van der Waals surface area contributed by atoms with E-state index in [-0.39, 0.29) is 5.91 Å². The summed E-state index contributed by atoms with van der Waals surface area (Å²) in [4.78, 5) is 16.4. The van der Waals surface area contributed by atoms with Gasteiger partial charge in [0.2, 0.25) is 11.7 Å². The summed E-state index contributed by atoms with van der Waals surface area (Å²) < 4.78 is 5.96. The number of halogens is 2. The van der Waals surface area contributed by atoms with Crippen LogP contribution in [0, 0.1) is 0 Å². The van der Waals surface area contributed by atoms with E-state index in [9.17, 15) is 4.79 Å². The van der Waals surface area contributed by atoms with E-state index in [4.69, 9.17) is 16.1 Å². The highest BCUT2D eigenvalue weighted by molar-refractivity contribution is 9.10. The van der Waals surface area contributed by atoms with E-state index in [2.05, 4.69) is 31.4 Å². The highest BCUT2D eigenvalue weighted by Crippen LogP contribution is 2.19. The predicted molar refractivity (Wildman–Crippen MR) is 94.9 cm³/mol. The second kappa shape index (κ2) is 7.59. The first-order valence-corrected chi connectivity index (χ1v) is 8.42. The van der Waals surface area contributed by atoms with E-state index in [1.165, 1.54) is 0 Å². The highest BCUT2D eigenvalue weighted by Gasteiger charge is 2.11. The predicted octanol–water partition coefficient (Wildman–Crippen LogP) is 4.13. The Morgan fingerprint density at radius 3 is 2.67 bits per heavy atom. The lowest BCUT2D eigenvalue weighted by Crippen LogP contribution is -2.26. The third-order valence-corrected chi connectivity index (χ3v) is 4.26. The molecule has 1 aromatic heterocycles. The number of nitrogens with zero attached hydrogens (tertiary/aromatic N) is 2. The molecule has 0 radical (unpaired) electrons. The molecule has 24 heavy (non-hydrogen) atoms. The van der Waals surface area contributed by atoms with Gasteiger partial charge in [-0.3, -0.25) is 4.79 Å². The monoisotopic (exact) mass is 405 g/mol. The molecule has 0 spiro atoms. The van der Waals surface area contributed by atoms with Gasteiger partial charge in [0.15, 0.2) is 0 Å². The van der Waals surface area contributed by atoms with Crippen LogP contribution in [0.15, 0.2) is 57.5 Å². The minimum absolute atomic E-state index is 0.153. The number of hydrogen-bond acceptors (Lipinski definition) is 4.